The molecule has 2 aromatic rings. The van der Waals surface area contributed by atoms with Crippen molar-refractivity contribution in [3.63, 3.8) is 0 Å². The van der Waals surface area contributed by atoms with Crippen LogP contribution in [-0.2, 0) is 0 Å². The van der Waals surface area contributed by atoms with Crippen LogP contribution in [0.15, 0.2) is 37.5 Å². The van der Waals surface area contributed by atoms with Gasteiger partial charge < -0.3 is 0 Å². The Morgan fingerprint density at radius 3 is 2.15 bits per heavy atom. The first kappa shape index (κ1) is 8.19. The molecule has 0 fully saturated rings. The van der Waals surface area contributed by atoms with Crippen LogP contribution in [-0.4, -0.2) is 0 Å². The predicted octanol–water partition coefficient (Wildman–Crippen LogP) is 0.0847. The normalized spacial score (nSPS) is 10.8. The molecule has 2 aromatic carbocycles. The van der Waals surface area contributed by atoms with Gasteiger partial charge in [-0.1, -0.05) is 0 Å². The number of benzene rings is 1. The van der Waals surface area contributed by atoms with E-state index < -0.39 is 16.3 Å². The van der Waals surface area contributed by atoms with Gasteiger partial charge in [0.1, 0.15) is 0 Å². The van der Waals surface area contributed by atoms with Crippen LogP contribution in [0.3, 0.4) is 0 Å². The third-order valence-corrected chi connectivity index (χ3v) is 2.18. The molecule has 64 valence electrons. The summed E-state index contributed by atoms with van der Waals surface area (Å²) in [6.07, 6.45) is 0. The van der Waals surface area contributed by atoms with Crippen molar-refractivity contribution in [1.29, 1.82) is 0 Å². The van der Waals surface area contributed by atoms with Gasteiger partial charge in [0.2, 0.25) is 10.9 Å². The van der Waals surface area contributed by atoms with Crippen LogP contribution in [0.1, 0.15) is 0 Å². The summed E-state index contributed by atoms with van der Waals surface area (Å²) in [6, 6.07) is 4.46. The van der Waals surface area contributed by atoms with Crippen molar-refractivity contribution < 1.29 is 0 Å². The third-order valence-electron chi connectivity index (χ3n) is 1.90. The van der Waals surface area contributed by atoms with Gasteiger partial charge in [0, 0.05) is 15.7 Å². The van der Waals surface area contributed by atoms with E-state index in [9.17, 15) is 14.4 Å². The second kappa shape index (κ2) is 2.53. The highest BCUT2D eigenvalue weighted by atomic mass is 32.1. The summed E-state index contributed by atoms with van der Waals surface area (Å²) in [4.78, 5) is 33.8. The molecule has 0 unspecified atom stereocenters. The Balaban J connectivity index is 3.23. The van der Waals surface area contributed by atoms with Gasteiger partial charge in [-0.15, -0.1) is 12.6 Å². The minimum atomic E-state index is -0.950. The lowest BCUT2D eigenvalue weighted by molar-refractivity contribution is 1.53. The topological polar surface area (TPSA) is 51.2 Å². The van der Waals surface area contributed by atoms with Gasteiger partial charge in [-0.2, -0.15) is 0 Å². The lowest BCUT2D eigenvalue weighted by Crippen LogP contribution is -2.29. The van der Waals surface area contributed by atoms with E-state index in [0.29, 0.717) is 4.90 Å². The van der Waals surface area contributed by atoms with Crippen LogP contribution in [0.2, 0.25) is 0 Å². The van der Waals surface area contributed by atoms with Gasteiger partial charge in [0.15, 0.2) is 0 Å². The summed E-state index contributed by atoms with van der Waals surface area (Å²) in [6.45, 7) is 0. The van der Waals surface area contributed by atoms with Crippen LogP contribution in [0.4, 0.5) is 0 Å². The van der Waals surface area contributed by atoms with E-state index in [1.54, 1.807) is 6.07 Å². The van der Waals surface area contributed by atoms with Crippen molar-refractivity contribution in [2.75, 3.05) is 0 Å². The fraction of sp³-hybridized carbons (Fsp3) is 0. The van der Waals surface area contributed by atoms with E-state index in [1.807, 2.05) is 0 Å². The van der Waals surface area contributed by atoms with Gasteiger partial charge in [-0.05, 0) is 18.2 Å². The Hall–Kier alpha value is -1.42. The fourth-order valence-corrected chi connectivity index (χ4v) is 1.47. The molecule has 0 aliphatic carbocycles. The first-order valence-electron chi connectivity index (χ1n) is 3.57. The van der Waals surface area contributed by atoms with Crippen LogP contribution in [0, 0.1) is 0 Å². The van der Waals surface area contributed by atoms with Crippen LogP contribution in [0.5, 0.6) is 0 Å². The summed E-state index contributed by atoms with van der Waals surface area (Å²) in [7, 11) is 0. The van der Waals surface area contributed by atoms with Crippen LogP contribution >= 0.6 is 12.6 Å². The lowest BCUT2D eigenvalue weighted by Gasteiger charge is -1.88. The Morgan fingerprint density at radius 1 is 0.846 bits per heavy atom. The van der Waals surface area contributed by atoms with Crippen LogP contribution in [0.25, 0.3) is 10.8 Å². The molecule has 13 heavy (non-hydrogen) atoms. The molecule has 0 amide bonds. The molecule has 0 aliphatic rings. The smallest absolute Gasteiger partial charge is 0.273 e. The zero-order chi connectivity index (χ0) is 9.59. The van der Waals surface area contributed by atoms with Crippen molar-refractivity contribution in [3.05, 3.63) is 48.9 Å². The fourth-order valence-electron chi connectivity index (χ4n) is 1.27. The molecule has 0 aliphatic heterocycles. The monoisotopic (exact) mass is 192 g/mol. The number of fused-ring (bicyclic) bond motifs is 1. The van der Waals surface area contributed by atoms with Gasteiger partial charge in [-0.3, -0.25) is 14.4 Å². The molecule has 0 spiro atoms. The zero-order valence-corrected chi connectivity index (χ0v) is 7.30. The number of thiol groups is 1. The highest BCUT2D eigenvalue weighted by Crippen LogP contribution is 2.10. The summed E-state index contributed by atoms with van der Waals surface area (Å²) in [5.41, 5.74) is -2.39. The SMILES string of the molecule is O=c1c(=O)c2ccc(S)cc2c1=O. The highest BCUT2D eigenvalue weighted by molar-refractivity contribution is 7.80. The highest BCUT2D eigenvalue weighted by Gasteiger charge is 2.11. The summed E-state index contributed by atoms with van der Waals surface area (Å²) in [5.74, 6) is 0. The Bertz CT molecular complexity index is 621. The van der Waals surface area contributed by atoms with E-state index >= 15 is 0 Å². The van der Waals surface area contributed by atoms with Crippen molar-refractivity contribution in [2.24, 2.45) is 0 Å². The zero-order valence-electron chi connectivity index (χ0n) is 6.40. The number of hydrogen-bond acceptors (Lipinski definition) is 4. The van der Waals surface area contributed by atoms with Crippen molar-refractivity contribution >= 4 is 23.4 Å². The average Bonchev–Trinajstić information content (AvgIpc) is 2.32. The third kappa shape index (κ3) is 1.02. The van der Waals surface area contributed by atoms with Crippen molar-refractivity contribution in [3.8, 4) is 0 Å². The predicted molar refractivity (Wildman–Crippen MR) is 52.4 cm³/mol. The molecule has 0 saturated heterocycles. The van der Waals surface area contributed by atoms with Crippen molar-refractivity contribution in [1.82, 2.24) is 0 Å². The van der Waals surface area contributed by atoms with E-state index in [-0.39, 0.29) is 10.8 Å². The minimum Gasteiger partial charge on any atom is -0.285 e. The molecule has 3 nitrogen and oxygen atoms in total. The second-order valence-electron chi connectivity index (χ2n) is 2.72. The summed E-state index contributed by atoms with van der Waals surface area (Å²) < 4.78 is 0. The molecular formula is C9H4O3S. The van der Waals surface area contributed by atoms with Gasteiger partial charge in [0.25, 0.3) is 5.43 Å². The Morgan fingerprint density at radius 2 is 1.46 bits per heavy atom. The second-order valence-corrected chi connectivity index (χ2v) is 3.23. The molecule has 0 aromatic heterocycles. The van der Waals surface area contributed by atoms with Gasteiger partial charge >= 0.3 is 0 Å². The van der Waals surface area contributed by atoms with E-state index in [2.05, 4.69) is 12.6 Å². The summed E-state index contributed by atoms with van der Waals surface area (Å²) >= 11 is 4.01. The molecule has 0 heterocycles. The molecule has 0 atom stereocenters. The maximum Gasteiger partial charge on any atom is 0.273 e. The Kier molecular flexibility index (Phi) is 1.60. The minimum absolute atomic E-state index is 0.169. The van der Waals surface area contributed by atoms with E-state index in [1.165, 1.54) is 12.1 Å². The summed E-state index contributed by atoms with van der Waals surface area (Å²) in [5, 5.41) is 0.357. The maximum atomic E-state index is 11.2. The molecule has 0 saturated carbocycles. The van der Waals surface area contributed by atoms with Gasteiger partial charge in [-0.25, -0.2) is 0 Å². The molecule has 0 N–H and O–H groups in total. The quantitative estimate of drug-likeness (QED) is 0.475. The molecule has 2 rings (SSSR count). The number of hydrogen-bond donors (Lipinski definition) is 1. The van der Waals surface area contributed by atoms with E-state index in [4.69, 9.17) is 0 Å². The Labute approximate surface area is 77.7 Å². The van der Waals surface area contributed by atoms with Gasteiger partial charge in [0.05, 0.1) is 0 Å². The first-order valence-corrected chi connectivity index (χ1v) is 4.02. The first-order chi connectivity index (χ1) is 6.11. The molecule has 0 radical (unpaired) electrons. The molecule has 0 bridgehead atoms. The average molecular weight is 192 g/mol. The maximum absolute atomic E-state index is 11.2. The largest absolute Gasteiger partial charge is 0.285 e. The number of rotatable bonds is 0. The molecular weight excluding hydrogens is 188 g/mol. The lowest BCUT2D eigenvalue weighted by atomic mass is 10.2. The van der Waals surface area contributed by atoms with E-state index in [0.717, 1.165) is 0 Å². The van der Waals surface area contributed by atoms with Crippen molar-refractivity contribution in [2.45, 2.75) is 4.90 Å². The molecule has 4 heteroatoms. The standard InChI is InChI=1S/C9H4O3S/c10-7-5-2-1-4(13)3-6(5)8(11)9(7)12/h1-3,13H. The van der Waals surface area contributed by atoms with Crippen LogP contribution < -0.4 is 16.3 Å².